The van der Waals surface area contributed by atoms with Gasteiger partial charge in [-0.2, -0.15) is 4.99 Å². The first-order valence-corrected chi connectivity index (χ1v) is 9.06. The molecular weight excluding hydrogens is 380 g/mol. The smallest absolute Gasteiger partial charge is 0.289 e. The number of benzene rings is 1. The predicted octanol–water partition coefficient (Wildman–Crippen LogP) is 4.76. The number of carbonyl (C=O) groups is 1. The highest BCUT2D eigenvalue weighted by Gasteiger charge is 2.10. The summed E-state index contributed by atoms with van der Waals surface area (Å²) in [5.74, 6) is -0.211. The Bertz CT molecular complexity index is 933. The molecule has 0 fully saturated rings. The Hall–Kier alpha value is -1.50. The zero-order valence-corrected chi connectivity index (χ0v) is 15.1. The fraction of sp³-hybridized carbons (Fsp3) is 0.125. The van der Waals surface area contributed by atoms with Crippen molar-refractivity contribution in [1.29, 1.82) is 0 Å². The topological polar surface area (TPSA) is 34.4 Å². The Morgan fingerprint density at radius 2 is 2.18 bits per heavy atom. The number of rotatable bonds is 3. The molecule has 3 rings (SSSR count). The van der Waals surface area contributed by atoms with Crippen molar-refractivity contribution in [2.75, 3.05) is 0 Å². The number of hydrogen-bond acceptors (Lipinski definition) is 3. The Morgan fingerprint density at radius 1 is 1.36 bits per heavy atom. The second-order valence-corrected chi connectivity index (χ2v) is 8.25. The molecule has 0 unspecified atom stereocenters. The van der Waals surface area contributed by atoms with E-state index >= 15 is 0 Å². The van der Waals surface area contributed by atoms with E-state index in [1.165, 1.54) is 28.2 Å². The zero-order valence-electron chi connectivity index (χ0n) is 11.9. The molecule has 0 saturated heterocycles. The van der Waals surface area contributed by atoms with Crippen molar-refractivity contribution in [3.8, 4) is 0 Å². The number of hydrogen-bond donors (Lipinski definition) is 0. The third kappa shape index (κ3) is 2.99. The molecule has 1 amide bonds. The van der Waals surface area contributed by atoms with E-state index in [4.69, 9.17) is 0 Å². The van der Waals surface area contributed by atoms with E-state index < -0.39 is 0 Å². The van der Waals surface area contributed by atoms with E-state index in [-0.39, 0.29) is 5.91 Å². The van der Waals surface area contributed by atoms with Crippen LogP contribution in [0.1, 0.15) is 15.2 Å². The lowest BCUT2D eigenvalue weighted by atomic mass is 10.2. The van der Waals surface area contributed by atoms with Crippen LogP contribution >= 0.6 is 38.6 Å². The maximum Gasteiger partial charge on any atom is 0.289 e. The molecule has 22 heavy (non-hydrogen) atoms. The van der Waals surface area contributed by atoms with E-state index in [9.17, 15) is 4.79 Å². The summed E-state index contributed by atoms with van der Waals surface area (Å²) < 4.78 is 4.07. The van der Waals surface area contributed by atoms with E-state index in [2.05, 4.69) is 52.6 Å². The summed E-state index contributed by atoms with van der Waals surface area (Å²) >= 11 is 6.29. The lowest BCUT2D eigenvalue weighted by Crippen LogP contribution is -2.15. The quantitative estimate of drug-likeness (QED) is 0.591. The molecule has 0 aliphatic heterocycles. The molecule has 0 bridgehead atoms. The Kier molecular flexibility index (Phi) is 4.42. The van der Waals surface area contributed by atoms with Gasteiger partial charge in [0.05, 0.1) is 18.9 Å². The monoisotopic (exact) mass is 392 g/mol. The van der Waals surface area contributed by atoms with Gasteiger partial charge in [-0.05, 0) is 52.7 Å². The molecule has 2 aromatic heterocycles. The Balaban J connectivity index is 2.16. The predicted molar refractivity (Wildman–Crippen MR) is 96.7 cm³/mol. The number of thiophene rings is 1. The summed E-state index contributed by atoms with van der Waals surface area (Å²) in [6.07, 6.45) is 1.82. The molecule has 3 aromatic rings. The molecule has 0 atom stereocenters. The molecule has 3 nitrogen and oxygen atoms in total. The van der Waals surface area contributed by atoms with E-state index in [1.54, 1.807) is 6.07 Å². The van der Waals surface area contributed by atoms with E-state index in [0.717, 1.165) is 14.0 Å². The summed E-state index contributed by atoms with van der Waals surface area (Å²) in [7, 11) is 0. The fourth-order valence-corrected chi connectivity index (χ4v) is 4.55. The van der Waals surface area contributed by atoms with Crippen LogP contribution in [0.4, 0.5) is 0 Å². The molecule has 0 spiro atoms. The van der Waals surface area contributed by atoms with E-state index in [0.29, 0.717) is 16.2 Å². The summed E-state index contributed by atoms with van der Waals surface area (Å²) in [6.45, 7) is 6.48. The minimum Gasteiger partial charge on any atom is -0.312 e. The lowest BCUT2D eigenvalue weighted by Gasteiger charge is -2.00. The van der Waals surface area contributed by atoms with Crippen LogP contribution in [0.2, 0.25) is 0 Å². The minimum absolute atomic E-state index is 0.211. The number of thiazole rings is 1. The molecule has 0 aliphatic carbocycles. The van der Waals surface area contributed by atoms with Crippen LogP contribution in [0.5, 0.6) is 0 Å². The van der Waals surface area contributed by atoms with Gasteiger partial charge in [0.1, 0.15) is 0 Å². The zero-order chi connectivity index (χ0) is 15.7. The largest absolute Gasteiger partial charge is 0.312 e. The van der Waals surface area contributed by atoms with Crippen molar-refractivity contribution < 1.29 is 4.79 Å². The van der Waals surface area contributed by atoms with Gasteiger partial charge in [-0.1, -0.05) is 23.5 Å². The van der Waals surface area contributed by atoms with Crippen LogP contribution in [0, 0.1) is 6.92 Å². The normalized spacial score (nSPS) is 12.0. The number of allylic oxidation sites excluding steroid dienone is 1. The first-order chi connectivity index (χ1) is 10.6. The van der Waals surface area contributed by atoms with Crippen molar-refractivity contribution >= 4 is 54.7 Å². The third-order valence-corrected chi connectivity index (χ3v) is 5.78. The molecule has 0 N–H and O–H groups in total. The summed E-state index contributed by atoms with van der Waals surface area (Å²) in [6, 6.07) is 9.90. The maximum atomic E-state index is 12.3. The van der Waals surface area contributed by atoms with Gasteiger partial charge in [0.15, 0.2) is 4.80 Å². The maximum absolute atomic E-state index is 12.3. The van der Waals surface area contributed by atoms with Crippen molar-refractivity contribution in [2.45, 2.75) is 13.5 Å². The molecule has 0 radical (unpaired) electrons. The van der Waals surface area contributed by atoms with E-state index in [1.807, 2.05) is 16.7 Å². The number of aryl methyl sites for hydroxylation is 1. The number of amides is 1. The number of aromatic nitrogens is 1. The van der Waals surface area contributed by atoms with Crippen molar-refractivity contribution in [1.82, 2.24) is 4.57 Å². The van der Waals surface area contributed by atoms with Gasteiger partial charge < -0.3 is 4.57 Å². The highest BCUT2D eigenvalue weighted by Crippen LogP contribution is 2.23. The van der Waals surface area contributed by atoms with Crippen LogP contribution < -0.4 is 4.80 Å². The second-order valence-electron chi connectivity index (χ2n) is 4.78. The summed E-state index contributed by atoms with van der Waals surface area (Å²) in [5.41, 5.74) is 2.27. The number of carbonyl (C=O) groups excluding carboxylic acids is 1. The standard InChI is InChI=1S/C16H13BrN2OS2/c1-3-8-19-11-5-4-10(2)9-13(11)22-16(19)18-15(20)12-6-7-14(17)21-12/h3-7,9H,1,8H2,2H3. The van der Waals surface area contributed by atoms with Crippen molar-refractivity contribution in [3.63, 3.8) is 0 Å². The molecule has 1 aromatic carbocycles. The van der Waals surface area contributed by atoms with Gasteiger partial charge in [-0.3, -0.25) is 4.79 Å². The SMILES string of the molecule is C=CCn1c(=NC(=O)c2ccc(Br)s2)sc2cc(C)ccc21. The van der Waals surface area contributed by atoms with Crippen LogP contribution in [-0.2, 0) is 6.54 Å². The summed E-state index contributed by atoms with van der Waals surface area (Å²) in [5, 5.41) is 0. The van der Waals surface area contributed by atoms with Gasteiger partial charge in [0.25, 0.3) is 5.91 Å². The molecule has 112 valence electrons. The molecule has 0 aliphatic rings. The highest BCUT2D eigenvalue weighted by atomic mass is 79.9. The number of nitrogens with zero attached hydrogens (tertiary/aromatic N) is 2. The average molecular weight is 393 g/mol. The number of fused-ring (bicyclic) bond motifs is 1. The van der Waals surface area contributed by atoms with Gasteiger partial charge in [0, 0.05) is 6.54 Å². The third-order valence-electron chi connectivity index (χ3n) is 3.13. The van der Waals surface area contributed by atoms with Crippen molar-refractivity contribution in [2.24, 2.45) is 4.99 Å². The first kappa shape index (κ1) is 15.4. The van der Waals surface area contributed by atoms with Crippen LogP contribution in [0.3, 0.4) is 0 Å². The van der Waals surface area contributed by atoms with Gasteiger partial charge in [-0.15, -0.1) is 17.9 Å². The van der Waals surface area contributed by atoms with Gasteiger partial charge in [0.2, 0.25) is 0 Å². The Morgan fingerprint density at radius 3 is 2.86 bits per heavy atom. The first-order valence-electron chi connectivity index (χ1n) is 6.64. The molecule has 6 heteroatoms. The second kappa shape index (κ2) is 6.32. The fourth-order valence-electron chi connectivity index (χ4n) is 2.14. The molecule has 2 heterocycles. The average Bonchev–Trinajstić information content (AvgIpc) is 3.04. The van der Waals surface area contributed by atoms with Crippen LogP contribution in [-0.4, -0.2) is 10.5 Å². The Labute approximate surface area is 144 Å². The molecular formula is C16H13BrN2OS2. The number of halogens is 1. The summed E-state index contributed by atoms with van der Waals surface area (Å²) in [4.78, 5) is 18.0. The van der Waals surface area contributed by atoms with Crippen molar-refractivity contribution in [3.05, 3.63) is 62.0 Å². The highest BCUT2D eigenvalue weighted by molar-refractivity contribution is 9.11. The van der Waals surface area contributed by atoms with Gasteiger partial charge in [-0.25, -0.2) is 0 Å². The van der Waals surface area contributed by atoms with Crippen LogP contribution in [0.15, 0.2) is 51.8 Å². The molecule has 0 saturated carbocycles. The minimum atomic E-state index is -0.211. The van der Waals surface area contributed by atoms with Crippen LogP contribution in [0.25, 0.3) is 10.2 Å². The lowest BCUT2D eigenvalue weighted by molar-refractivity contribution is 0.100. The van der Waals surface area contributed by atoms with Gasteiger partial charge >= 0.3 is 0 Å².